The molecule has 3 nitrogen and oxygen atoms in total. The topological polar surface area (TPSA) is 33.5 Å². The quantitative estimate of drug-likeness (QED) is 0.870. The van der Waals surface area contributed by atoms with Gasteiger partial charge in [-0.3, -0.25) is 4.79 Å². The summed E-state index contributed by atoms with van der Waals surface area (Å²) in [5, 5.41) is 3.85. The zero-order valence-corrected chi connectivity index (χ0v) is 14.2. The third-order valence-corrected chi connectivity index (χ3v) is 5.75. The van der Waals surface area contributed by atoms with Crippen molar-refractivity contribution in [1.29, 1.82) is 0 Å². The Morgan fingerprint density at radius 3 is 2.55 bits per heavy atom. The Morgan fingerprint density at radius 1 is 1.14 bits per heavy atom. The second kappa shape index (κ2) is 7.20. The lowest BCUT2D eigenvalue weighted by atomic mass is 9.75. The largest absolute Gasteiger partial charge is 0.327 e. The van der Waals surface area contributed by atoms with Gasteiger partial charge in [0.2, 0.25) is 0 Å². The van der Waals surface area contributed by atoms with Crippen LogP contribution in [-0.4, -0.2) is 25.5 Å². The number of rotatable bonds is 3. The highest BCUT2D eigenvalue weighted by Gasteiger charge is 2.34. The monoisotopic (exact) mass is 341 g/mol. The van der Waals surface area contributed by atoms with Gasteiger partial charge in [-0.1, -0.05) is 42.1 Å². The molecule has 22 heavy (non-hydrogen) atoms. The fourth-order valence-corrected chi connectivity index (χ4v) is 4.48. The first-order chi connectivity index (χ1) is 10.6. The Bertz CT molecular complexity index is 529. The summed E-state index contributed by atoms with van der Waals surface area (Å²) >= 11 is 12.2. The molecule has 1 unspecified atom stereocenters. The van der Waals surface area contributed by atoms with E-state index < -0.39 is 0 Å². The Labute approximate surface area is 142 Å². The minimum atomic E-state index is -0.000686. The molecule has 2 aliphatic rings. The molecule has 1 amide bonds. The van der Waals surface area contributed by atoms with Gasteiger partial charge in [0.25, 0.3) is 5.91 Å². The zero-order valence-electron chi connectivity index (χ0n) is 12.7. The summed E-state index contributed by atoms with van der Waals surface area (Å²) in [6.45, 7) is 2.74. The van der Waals surface area contributed by atoms with Crippen LogP contribution < -0.4 is 10.2 Å². The van der Waals surface area contributed by atoms with Crippen LogP contribution in [-0.2, 0) is 4.79 Å². The molecule has 2 fully saturated rings. The van der Waals surface area contributed by atoms with E-state index in [1.165, 1.54) is 37.0 Å². The number of piperidine rings is 1. The molecule has 120 valence electrons. The number of fused-ring (bicyclic) bond motifs is 1. The molecular formula is C17H23Cl2N2O+. The van der Waals surface area contributed by atoms with Gasteiger partial charge in [0, 0.05) is 5.92 Å². The second-order valence-electron chi connectivity index (χ2n) is 6.62. The highest BCUT2D eigenvalue weighted by atomic mass is 35.5. The summed E-state index contributed by atoms with van der Waals surface area (Å²) in [6, 6.07) is 5.26. The lowest BCUT2D eigenvalue weighted by Crippen LogP contribution is -3.15. The average molecular weight is 342 g/mol. The van der Waals surface area contributed by atoms with Crippen LogP contribution >= 0.6 is 23.2 Å². The number of halogens is 2. The van der Waals surface area contributed by atoms with Crippen LogP contribution in [0.2, 0.25) is 10.0 Å². The Balaban J connectivity index is 1.56. The highest BCUT2D eigenvalue weighted by Crippen LogP contribution is 2.32. The molecule has 1 saturated heterocycles. The Morgan fingerprint density at radius 2 is 1.82 bits per heavy atom. The van der Waals surface area contributed by atoms with Gasteiger partial charge < -0.3 is 10.2 Å². The van der Waals surface area contributed by atoms with Gasteiger partial charge in [-0.25, -0.2) is 0 Å². The molecule has 1 heterocycles. The molecule has 0 radical (unpaired) electrons. The lowest BCUT2D eigenvalue weighted by Gasteiger charge is -2.38. The molecule has 3 atom stereocenters. The van der Waals surface area contributed by atoms with E-state index in [0.29, 0.717) is 22.3 Å². The summed E-state index contributed by atoms with van der Waals surface area (Å²) in [4.78, 5) is 13.7. The van der Waals surface area contributed by atoms with Gasteiger partial charge in [0.15, 0.2) is 6.54 Å². The SMILES string of the molecule is O=C(C[NH+]1CC[C@H]2CCCC[C@@H]2C1)Nc1c(Cl)cccc1Cl. The van der Waals surface area contributed by atoms with Crippen molar-refractivity contribution in [1.82, 2.24) is 0 Å². The average Bonchev–Trinajstić information content (AvgIpc) is 2.51. The van der Waals surface area contributed by atoms with E-state index in [1.54, 1.807) is 18.2 Å². The van der Waals surface area contributed by atoms with Gasteiger partial charge in [0.1, 0.15) is 0 Å². The number of anilines is 1. The van der Waals surface area contributed by atoms with Gasteiger partial charge in [0.05, 0.1) is 28.8 Å². The number of quaternary nitrogens is 1. The molecule has 5 heteroatoms. The maximum Gasteiger partial charge on any atom is 0.279 e. The Hall–Kier alpha value is -0.770. The minimum Gasteiger partial charge on any atom is -0.327 e. The number of carbonyl (C=O) groups excluding carboxylic acids is 1. The number of hydrogen-bond donors (Lipinski definition) is 2. The van der Waals surface area contributed by atoms with Gasteiger partial charge in [-0.15, -0.1) is 0 Å². The van der Waals surface area contributed by atoms with Gasteiger partial charge in [-0.05, 0) is 37.3 Å². The third kappa shape index (κ3) is 3.76. The third-order valence-electron chi connectivity index (χ3n) is 5.12. The van der Waals surface area contributed by atoms with Crippen LogP contribution in [0.15, 0.2) is 18.2 Å². The van der Waals surface area contributed by atoms with E-state index in [0.717, 1.165) is 24.9 Å². The zero-order chi connectivity index (χ0) is 15.5. The molecule has 0 bridgehead atoms. The van der Waals surface area contributed by atoms with Crippen LogP contribution in [0.5, 0.6) is 0 Å². The van der Waals surface area contributed by atoms with Crippen LogP contribution in [0.4, 0.5) is 5.69 Å². The van der Waals surface area contributed by atoms with Crippen molar-refractivity contribution in [2.45, 2.75) is 32.1 Å². The van der Waals surface area contributed by atoms with Crippen molar-refractivity contribution in [3.05, 3.63) is 28.2 Å². The smallest absolute Gasteiger partial charge is 0.279 e. The number of para-hydroxylation sites is 1. The lowest BCUT2D eigenvalue weighted by molar-refractivity contribution is -0.902. The summed E-state index contributed by atoms with van der Waals surface area (Å²) < 4.78 is 0. The molecule has 0 aromatic heterocycles. The van der Waals surface area contributed by atoms with Crippen molar-refractivity contribution >= 4 is 34.8 Å². The maximum atomic E-state index is 12.3. The van der Waals surface area contributed by atoms with Crippen molar-refractivity contribution in [3.8, 4) is 0 Å². The molecular weight excluding hydrogens is 319 g/mol. The predicted molar refractivity (Wildman–Crippen MR) is 90.7 cm³/mol. The van der Waals surface area contributed by atoms with Crippen LogP contribution in [0.25, 0.3) is 0 Å². The predicted octanol–water partition coefficient (Wildman–Crippen LogP) is 3.03. The second-order valence-corrected chi connectivity index (χ2v) is 7.43. The fraction of sp³-hybridized carbons (Fsp3) is 0.588. The highest BCUT2D eigenvalue weighted by molar-refractivity contribution is 6.39. The number of likely N-dealkylation sites (tertiary alicyclic amines) is 1. The first-order valence-electron chi connectivity index (χ1n) is 8.21. The van der Waals surface area contributed by atoms with E-state index in [9.17, 15) is 4.79 Å². The first kappa shape index (κ1) is 16.1. The normalized spacial score (nSPS) is 28.0. The van der Waals surface area contributed by atoms with Crippen LogP contribution in [0, 0.1) is 11.8 Å². The first-order valence-corrected chi connectivity index (χ1v) is 8.96. The molecule has 1 aliphatic heterocycles. The van der Waals surface area contributed by atoms with E-state index in [2.05, 4.69) is 5.32 Å². The number of carbonyl (C=O) groups is 1. The number of nitrogens with one attached hydrogen (secondary N) is 2. The maximum absolute atomic E-state index is 12.3. The number of amides is 1. The van der Waals surface area contributed by atoms with E-state index in [4.69, 9.17) is 23.2 Å². The summed E-state index contributed by atoms with van der Waals surface area (Å²) in [7, 11) is 0. The van der Waals surface area contributed by atoms with Gasteiger partial charge >= 0.3 is 0 Å². The molecule has 2 N–H and O–H groups in total. The molecule has 1 saturated carbocycles. The van der Waals surface area contributed by atoms with E-state index in [-0.39, 0.29) is 5.91 Å². The summed E-state index contributed by atoms with van der Waals surface area (Å²) in [5.74, 6) is 1.71. The molecule has 1 aliphatic carbocycles. The standard InChI is InChI=1S/C17H22Cl2N2O/c18-14-6-3-7-15(19)17(14)20-16(22)11-21-9-8-12-4-1-2-5-13(12)10-21/h3,6-7,12-13H,1-2,4-5,8-11H2,(H,20,22)/p+1/t12-,13-/m1/s1. The minimum absolute atomic E-state index is 0.000686. The van der Waals surface area contributed by atoms with Crippen molar-refractivity contribution < 1.29 is 9.69 Å². The van der Waals surface area contributed by atoms with Crippen molar-refractivity contribution in [2.24, 2.45) is 11.8 Å². The fourth-order valence-electron chi connectivity index (χ4n) is 3.98. The summed E-state index contributed by atoms with van der Waals surface area (Å²) in [5.41, 5.74) is 0.530. The number of benzene rings is 1. The molecule has 1 aromatic carbocycles. The molecule has 1 aromatic rings. The summed E-state index contributed by atoms with van der Waals surface area (Å²) in [6.07, 6.45) is 6.74. The Kier molecular flexibility index (Phi) is 5.27. The van der Waals surface area contributed by atoms with Crippen molar-refractivity contribution in [3.63, 3.8) is 0 Å². The molecule has 0 spiro atoms. The van der Waals surface area contributed by atoms with E-state index in [1.807, 2.05) is 0 Å². The van der Waals surface area contributed by atoms with Crippen molar-refractivity contribution in [2.75, 3.05) is 25.0 Å². The van der Waals surface area contributed by atoms with E-state index >= 15 is 0 Å². The van der Waals surface area contributed by atoms with Crippen LogP contribution in [0.3, 0.4) is 0 Å². The van der Waals surface area contributed by atoms with Crippen LogP contribution in [0.1, 0.15) is 32.1 Å². The molecule has 3 rings (SSSR count). The van der Waals surface area contributed by atoms with Gasteiger partial charge in [-0.2, -0.15) is 0 Å². The number of hydrogen-bond acceptors (Lipinski definition) is 1.